The van der Waals surface area contributed by atoms with E-state index in [2.05, 4.69) is 11.6 Å². The Kier molecular flexibility index (Phi) is 5.14. The van der Waals surface area contributed by atoms with Crippen LogP contribution in [0.4, 0.5) is 0 Å². The molecule has 0 heterocycles. The highest BCUT2D eigenvalue weighted by atomic mass is 32.2. The van der Waals surface area contributed by atoms with Gasteiger partial charge in [0, 0.05) is 6.04 Å². The smallest absolute Gasteiger partial charge is 0.0124 e. The average Bonchev–Trinajstić information content (AvgIpc) is 2.39. The lowest BCUT2D eigenvalue weighted by Gasteiger charge is -2.54. The van der Waals surface area contributed by atoms with Crippen LogP contribution < -0.4 is 5.32 Å². The van der Waals surface area contributed by atoms with Crippen LogP contribution in [0.5, 0.6) is 0 Å². The summed E-state index contributed by atoms with van der Waals surface area (Å²) in [4.78, 5) is 0. The minimum Gasteiger partial charge on any atom is -0.313 e. The zero-order chi connectivity index (χ0) is 13.1. The second kappa shape index (κ2) is 6.85. The highest BCUT2D eigenvalue weighted by molar-refractivity contribution is 7.98. The fourth-order valence-electron chi connectivity index (χ4n) is 5.25. The molecule has 0 amide bonds. The van der Waals surface area contributed by atoms with Crippen molar-refractivity contribution in [3.63, 3.8) is 0 Å². The minimum atomic E-state index is 0.902. The van der Waals surface area contributed by atoms with Crippen molar-refractivity contribution in [2.75, 3.05) is 18.6 Å². The molecule has 2 heteroatoms. The Balaban J connectivity index is 1.32. The molecule has 0 spiro atoms. The molecule has 4 rings (SSSR count). The molecule has 0 atom stereocenters. The average molecular weight is 282 g/mol. The van der Waals surface area contributed by atoms with Gasteiger partial charge in [-0.05, 0) is 87.2 Å². The summed E-state index contributed by atoms with van der Waals surface area (Å²) in [5.41, 5.74) is 0. The Hall–Kier alpha value is 0.310. The highest BCUT2D eigenvalue weighted by Crippen LogP contribution is 2.53. The van der Waals surface area contributed by atoms with Gasteiger partial charge in [0.25, 0.3) is 0 Å². The van der Waals surface area contributed by atoms with Gasteiger partial charge in [-0.2, -0.15) is 11.8 Å². The molecule has 4 aliphatic carbocycles. The number of hydrogen-bond donors (Lipinski definition) is 1. The normalized spacial score (nSPS) is 39.9. The zero-order valence-corrected chi connectivity index (χ0v) is 13.4. The van der Waals surface area contributed by atoms with Gasteiger partial charge in [0.15, 0.2) is 0 Å². The lowest BCUT2D eigenvalue weighted by atomic mass is 9.54. The van der Waals surface area contributed by atoms with Gasteiger partial charge in [-0.3, -0.25) is 0 Å². The first-order chi connectivity index (χ1) is 9.36. The molecule has 4 bridgehead atoms. The molecule has 4 fully saturated rings. The number of nitrogens with one attached hydrogen (secondary N) is 1. The maximum absolute atomic E-state index is 3.95. The molecule has 1 N–H and O–H groups in total. The summed E-state index contributed by atoms with van der Waals surface area (Å²) < 4.78 is 0. The molecule has 0 aromatic heterocycles. The lowest BCUT2D eigenvalue weighted by Crippen LogP contribution is -2.54. The number of unbranched alkanes of at least 4 members (excludes halogenated alkanes) is 3. The molecular formula is C17H31NS. The molecular weight excluding hydrogens is 250 g/mol. The van der Waals surface area contributed by atoms with E-state index in [1.54, 1.807) is 32.1 Å². The Labute approximate surface area is 123 Å². The van der Waals surface area contributed by atoms with Gasteiger partial charge in [-0.1, -0.05) is 12.8 Å². The summed E-state index contributed by atoms with van der Waals surface area (Å²) >= 11 is 1.99. The van der Waals surface area contributed by atoms with Gasteiger partial charge in [-0.25, -0.2) is 0 Å². The predicted octanol–water partition coefficient (Wildman–Crippen LogP) is 4.32. The van der Waals surface area contributed by atoms with Crippen LogP contribution in [0.1, 0.15) is 57.8 Å². The summed E-state index contributed by atoms with van der Waals surface area (Å²) in [6.45, 7) is 1.28. The standard InChI is InChI=1S/C17H31NS/c1-19-7-5-3-2-4-6-18-17-15-9-13-8-14(11-15)12-16(17)10-13/h13-18H,2-12H2,1H3. The van der Waals surface area contributed by atoms with Gasteiger partial charge in [0.2, 0.25) is 0 Å². The summed E-state index contributed by atoms with van der Waals surface area (Å²) in [5.74, 6) is 5.68. The van der Waals surface area contributed by atoms with Crippen LogP contribution in [0.2, 0.25) is 0 Å². The molecule has 19 heavy (non-hydrogen) atoms. The molecule has 0 aromatic carbocycles. The van der Waals surface area contributed by atoms with Crippen molar-refractivity contribution >= 4 is 11.8 Å². The van der Waals surface area contributed by atoms with Crippen molar-refractivity contribution < 1.29 is 0 Å². The third kappa shape index (κ3) is 3.50. The number of hydrogen-bond acceptors (Lipinski definition) is 2. The first-order valence-electron chi connectivity index (χ1n) is 8.59. The second-order valence-electron chi connectivity index (χ2n) is 7.32. The van der Waals surface area contributed by atoms with Crippen molar-refractivity contribution in [1.29, 1.82) is 0 Å². The van der Waals surface area contributed by atoms with Crippen LogP contribution in [0.15, 0.2) is 0 Å². The van der Waals surface area contributed by atoms with E-state index in [-0.39, 0.29) is 0 Å². The zero-order valence-electron chi connectivity index (χ0n) is 12.6. The fraction of sp³-hybridized carbons (Fsp3) is 1.00. The molecule has 1 nitrogen and oxygen atoms in total. The second-order valence-corrected chi connectivity index (χ2v) is 8.30. The summed E-state index contributed by atoms with van der Waals surface area (Å²) in [5, 5.41) is 3.95. The molecule has 4 aliphatic rings. The van der Waals surface area contributed by atoms with E-state index in [1.165, 1.54) is 38.0 Å². The van der Waals surface area contributed by atoms with Crippen LogP contribution >= 0.6 is 11.8 Å². The molecule has 0 aliphatic heterocycles. The minimum absolute atomic E-state index is 0.902. The molecule has 0 radical (unpaired) electrons. The SMILES string of the molecule is CSCCCCCCNC1C2CC3CC(C2)CC1C3. The summed E-state index contributed by atoms with van der Waals surface area (Å²) in [7, 11) is 0. The largest absolute Gasteiger partial charge is 0.313 e. The van der Waals surface area contributed by atoms with E-state index in [4.69, 9.17) is 0 Å². The van der Waals surface area contributed by atoms with Gasteiger partial charge in [0.05, 0.1) is 0 Å². The quantitative estimate of drug-likeness (QED) is 0.665. The third-order valence-corrected chi connectivity index (χ3v) is 6.58. The van der Waals surface area contributed by atoms with Gasteiger partial charge in [-0.15, -0.1) is 0 Å². The highest BCUT2D eigenvalue weighted by Gasteiger charge is 2.47. The van der Waals surface area contributed by atoms with Crippen molar-refractivity contribution in [2.45, 2.75) is 63.8 Å². The van der Waals surface area contributed by atoms with E-state index in [0.29, 0.717) is 0 Å². The van der Waals surface area contributed by atoms with Gasteiger partial charge in [0.1, 0.15) is 0 Å². The van der Waals surface area contributed by atoms with Gasteiger partial charge < -0.3 is 5.32 Å². The van der Waals surface area contributed by atoms with Crippen LogP contribution in [0.3, 0.4) is 0 Å². The topological polar surface area (TPSA) is 12.0 Å². The van der Waals surface area contributed by atoms with Crippen LogP contribution in [-0.4, -0.2) is 24.6 Å². The molecule has 0 saturated heterocycles. The van der Waals surface area contributed by atoms with Crippen LogP contribution in [0, 0.1) is 23.7 Å². The Morgan fingerprint density at radius 3 is 2.11 bits per heavy atom. The fourth-order valence-corrected chi connectivity index (χ4v) is 5.74. The van der Waals surface area contributed by atoms with Crippen LogP contribution in [0.25, 0.3) is 0 Å². The van der Waals surface area contributed by atoms with Gasteiger partial charge >= 0.3 is 0 Å². The first kappa shape index (κ1) is 14.3. The van der Waals surface area contributed by atoms with Crippen molar-refractivity contribution in [2.24, 2.45) is 23.7 Å². The van der Waals surface area contributed by atoms with E-state index >= 15 is 0 Å². The molecule has 4 saturated carbocycles. The van der Waals surface area contributed by atoms with Crippen molar-refractivity contribution in [1.82, 2.24) is 5.32 Å². The van der Waals surface area contributed by atoms with E-state index in [9.17, 15) is 0 Å². The number of rotatable bonds is 8. The molecule has 0 unspecified atom stereocenters. The Bertz CT molecular complexity index is 250. The third-order valence-electron chi connectivity index (χ3n) is 5.88. The molecule has 0 aromatic rings. The number of thioether (sulfide) groups is 1. The monoisotopic (exact) mass is 281 g/mol. The van der Waals surface area contributed by atoms with E-state index in [0.717, 1.165) is 29.7 Å². The lowest BCUT2D eigenvalue weighted by molar-refractivity contribution is -0.0135. The van der Waals surface area contributed by atoms with Crippen molar-refractivity contribution in [3.8, 4) is 0 Å². The van der Waals surface area contributed by atoms with E-state index < -0.39 is 0 Å². The molecule has 110 valence electrons. The maximum atomic E-state index is 3.95. The van der Waals surface area contributed by atoms with E-state index in [1.807, 2.05) is 11.8 Å². The maximum Gasteiger partial charge on any atom is 0.0124 e. The Morgan fingerprint density at radius 1 is 0.842 bits per heavy atom. The van der Waals surface area contributed by atoms with Crippen LogP contribution in [-0.2, 0) is 0 Å². The first-order valence-corrected chi connectivity index (χ1v) is 9.98. The summed E-state index contributed by atoms with van der Waals surface area (Å²) in [6, 6.07) is 0.902. The Morgan fingerprint density at radius 2 is 1.47 bits per heavy atom. The summed E-state index contributed by atoms with van der Waals surface area (Å²) in [6.07, 6.45) is 15.7. The predicted molar refractivity (Wildman–Crippen MR) is 85.7 cm³/mol. The van der Waals surface area contributed by atoms with Crippen molar-refractivity contribution in [3.05, 3.63) is 0 Å².